The summed E-state index contributed by atoms with van der Waals surface area (Å²) in [6, 6.07) is 5.15. The normalized spacial score (nSPS) is 17.8. The Hall–Kier alpha value is -1.68. The highest BCUT2D eigenvalue weighted by molar-refractivity contribution is 14.0. The zero-order chi connectivity index (χ0) is 17.8. The molecule has 1 atom stereocenters. The van der Waals surface area contributed by atoms with E-state index >= 15 is 0 Å². The molecule has 1 aliphatic rings. The maximum absolute atomic E-state index is 13.4. The van der Waals surface area contributed by atoms with Gasteiger partial charge in [0.1, 0.15) is 11.9 Å². The summed E-state index contributed by atoms with van der Waals surface area (Å²) in [5.41, 5.74) is 2.74. The average Bonchev–Trinajstić information content (AvgIpc) is 3.05. The van der Waals surface area contributed by atoms with Crippen molar-refractivity contribution in [3.63, 3.8) is 0 Å². The number of hydrogen-bond donors (Lipinski definition) is 1. The van der Waals surface area contributed by atoms with Crippen LogP contribution in [0, 0.1) is 12.7 Å². The number of guanidine groups is 1. The van der Waals surface area contributed by atoms with E-state index in [4.69, 9.17) is 4.74 Å². The maximum atomic E-state index is 13.4. The molecule has 1 fully saturated rings. The van der Waals surface area contributed by atoms with Crippen LogP contribution in [0.4, 0.5) is 4.39 Å². The van der Waals surface area contributed by atoms with Crippen molar-refractivity contribution >= 4 is 29.9 Å². The minimum absolute atomic E-state index is 0. The second-order valence-electron chi connectivity index (χ2n) is 6.24. The summed E-state index contributed by atoms with van der Waals surface area (Å²) < 4.78 is 21.0. The number of aromatic nitrogens is 2. The van der Waals surface area contributed by atoms with Gasteiger partial charge in [0.15, 0.2) is 5.96 Å². The van der Waals surface area contributed by atoms with Crippen molar-refractivity contribution in [1.29, 1.82) is 0 Å². The van der Waals surface area contributed by atoms with Crippen LogP contribution in [0.15, 0.2) is 35.6 Å². The lowest BCUT2D eigenvalue weighted by Crippen LogP contribution is -2.47. The quantitative estimate of drug-likeness (QED) is 0.423. The number of aliphatic imine (C=N–C) groups is 1. The average molecular weight is 473 g/mol. The Morgan fingerprint density at radius 2 is 2.27 bits per heavy atom. The molecule has 8 heteroatoms. The monoisotopic (exact) mass is 473 g/mol. The maximum Gasteiger partial charge on any atom is 0.194 e. The van der Waals surface area contributed by atoms with Crippen LogP contribution in [0.1, 0.15) is 22.8 Å². The minimum Gasteiger partial charge on any atom is -0.370 e. The lowest BCUT2D eigenvalue weighted by Gasteiger charge is -2.34. The standard InChI is InChI=1S/C18H24FN5O.HI/c1-13-8-14(4-5-16(13)19)9-21-18(20-2)24-6-7-25-17(12-24)15-10-22-23(3)11-15;/h4-5,8,10-11,17H,6-7,9,12H2,1-3H3,(H,20,21);1H. The summed E-state index contributed by atoms with van der Waals surface area (Å²) in [4.78, 5) is 6.56. The summed E-state index contributed by atoms with van der Waals surface area (Å²) in [7, 11) is 3.67. The van der Waals surface area contributed by atoms with Crippen molar-refractivity contribution < 1.29 is 9.13 Å². The Morgan fingerprint density at radius 1 is 1.46 bits per heavy atom. The Bertz CT molecular complexity index is 764. The Morgan fingerprint density at radius 3 is 2.92 bits per heavy atom. The van der Waals surface area contributed by atoms with Crippen LogP contribution in [0.3, 0.4) is 0 Å². The van der Waals surface area contributed by atoms with Gasteiger partial charge in [-0.3, -0.25) is 9.67 Å². The van der Waals surface area contributed by atoms with Crippen LogP contribution in [0.5, 0.6) is 0 Å². The van der Waals surface area contributed by atoms with Crippen LogP contribution in [-0.4, -0.2) is 47.4 Å². The van der Waals surface area contributed by atoms with Gasteiger partial charge in [-0.2, -0.15) is 5.10 Å². The van der Waals surface area contributed by atoms with Gasteiger partial charge >= 0.3 is 0 Å². The molecule has 2 aromatic rings. The molecular weight excluding hydrogens is 448 g/mol. The van der Waals surface area contributed by atoms with Crippen LogP contribution in [0.25, 0.3) is 0 Å². The van der Waals surface area contributed by atoms with Gasteiger partial charge in [-0.1, -0.05) is 12.1 Å². The van der Waals surface area contributed by atoms with E-state index in [9.17, 15) is 4.39 Å². The number of hydrogen-bond acceptors (Lipinski definition) is 3. The summed E-state index contributed by atoms with van der Waals surface area (Å²) >= 11 is 0. The van der Waals surface area contributed by atoms with Gasteiger partial charge in [-0.15, -0.1) is 24.0 Å². The largest absolute Gasteiger partial charge is 0.370 e. The van der Waals surface area contributed by atoms with Crippen molar-refractivity contribution in [1.82, 2.24) is 20.0 Å². The molecule has 1 unspecified atom stereocenters. The van der Waals surface area contributed by atoms with Crippen LogP contribution < -0.4 is 5.32 Å². The van der Waals surface area contributed by atoms with Crippen molar-refractivity contribution in [3.05, 3.63) is 53.1 Å². The number of halogens is 2. The first kappa shape index (κ1) is 20.6. The number of benzene rings is 1. The van der Waals surface area contributed by atoms with Crippen molar-refractivity contribution in [3.8, 4) is 0 Å². The van der Waals surface area contributed by atoms with Gasteiger partial charge in [0, 0.05) is 38.9 Å². The van der Waals surface area contributed by atoms with E-state index in [1.54, 1.807) is 24.7 Å². The van der Waals surface area contributed by atoms with Gasteiger partial charge in [-0.25, -0.2) is 4.39 Å². The molecule has 1 saturated heterocycles. The second-order valence-corrected chi connectivity index (χ2v) is 6.24. The van der Waals surface area contributed by atoms with E-state index in [1.807, 2.05) is 25.5 Å². The van der Waals surface area contributed by atoms with E-state index < -0.39 is 0 Å². The highest BCUT2D eigenvalue weighted by Gasteiger charge is 2.25. The first-order valence-corrected chi connectivity index (χ1v) is 8.37. The van der Waals surface area contributed by atoms with Gasteiger partial charge in [0.05, 0.1) is 19.3 Å². The molecule has 0 spiro atoms. The number of nitrogens with one attached hydrogen (secondary N) is 1. The third-order valence-corrected chi connectivity index (χ3v) is 4.35. The van der Waals surface area contributed by atoms with Gasteiger partial charge < -0.3 is 15.0 Å². The smallest absolute Gasteiger partial charge is 0.194 e. The highest BCUT2D eigenvalue weighted by atomic mass is 127. The fourth-order valence-electron chi connectivity index (χ4n) is 2.98. The molecule has 1 N–H and O–H groups in total. The van der Waals surface area contributed by atoms with Crippen LogP contribution >= 0.6 is 24.0 Å². The molecule has 1 aromatic heterocycles. The third-order valence-electron chi connectivity index (χ3n) is 4.35. The van der Waals surface area contributed by atoms with Gasteiger partial charge in [0.2, 0.25) is 0 Å². The SMILES string of the molecule is CN=C(NCc1ccc(F)c(C)c1)N1CCOC(c2cnn(C)c2)C1.I. The van der Waals surface area contributed by atoms with Crippen molar-refractivity contribution in [2.45, 2.75) is 19.6 Å². The Kier molecular flexibility index (Phi) is 7.39. The predicted octanol–water partition coefficient (Wildman–Crippen LogP) is 2.63. The van der Waals surface area contributed by atoms with E-state index in [1.165, 1.54) is 6.07 Å². The number of morpholine rings is 1. The molecule has 1 aliphatic heterocycles. The van der Waals surface area contributed by atoms with E-state index in [0.29, 0.717) is 25.3 Å². The van der Waals surface area contributed by atoms with E-state index in [0.717, 1.165) is 23.6 Å². The summed E-state index contributed by atoms with van der Waals surface area (Å²) in [5.74, 6) is 0.639. The van der Waals surface area contributed by atoms with Gasteiger partial charge in [0.25, 0.3) is 0 Å². The van der Waals surface area contributed by atoms with Crippen molar-refractivity contribution in [2.75, 3.05) is 26.7 Å². The molecule has 0 saturated carbocycles. The number of nitrogens with zero attached hydrogens (tertiary/aromatic N) is 4. The zero-order valence-electron chi connectivity index (χ0n) is 15.3. The highest BCUT2D eigenvalue weighted by Crippen LogP contribution is 2.21. The molecule has 2 heterocycles. The van der Waals surface area contributed by atoms with Gasteiger partial charge in [-0.05, 0) is 24.1 Å². The lowest BCUT2D eigenvalue weighted by atomic mass is 10.1. The molecule has 3 rings (SSSR count). The number of aryl methyl sites for hydroxylation is 2. The summed E-state index contributed by atoms with van der Waals surface area (Å²) in [6.07, 6.45) is 3.80. The summed E-state index contributed by atoms with van der Waals surface area (Å²) in [5, 5.41) is 7.57. The molecule has 142 valence electrons. The fraction of sp³-hybridized carbons (Fsp3) is 0.444. The first-order valence-electron chi connectivity index (χ1n) is 8.37. The predicted molar refractivity (Wildman–Crippen MR) is 110 cm³/mol. The molecule has 0 aliphatic carbocycles. The number of ether oxygens (including phenoxy) is 1. The Balaban J connectivity index is 0.00000243. The molecule has 1 aromatic carbocycles. The van der Waals surface area contributed by atoms with E-state index in [2.05, 4.69) is 20.3 Å². The second kappa shape index (κ2) is 9.31. The van der Waals surface area contributed by atoms with Crippen LogP contribution in [-0.2, 0) is 18.3 Å². The summed E-state index contributed by atoms with van der Waals surface area (Å²) in [6.45, 7) is 4.50. The molecule has 0 amide bonds. The minimum atomic E-state index is -0.180. The first-order chi connectivity index (χ1) is 12.1. The number of rotatable bonds is 3. The van der Waals surface area contributed by atoms with E-state index in [-0.39, 0.29) is 35.9 Å². The van der Waals surface area contributed by atoms with Crippen molar-refractivity contribution in [2.24, 2.45) is 12.0 Å². The third kappa shape index (κ3) is 4.94. The lowest BCUT2D eigenvalue weighted by molar-refractivity contribution is -0.00805. The topological polar surface area (TPSA) is 54.7 Å². The fourth-order valence-corrected chi connectivity index (χ4v) is 2.98. The molecule has 6 nitrogen and oxygen atoms in total. The van der Waals surface area contributed by atoms with Crippen LogP contribution in [0.2, 0.25) is 0 Å². The molecular formula is C18H25FIN5O. The Labute approximate surface area is 170 Å². The molecule has 26 heavy (non-hydrogen) atoms. The zero-order valence-corrected chi connectivity index (χ0v) is 17.6. The molecule has 0 radical (unpaired) electrons. The molecule has 0 bridgehead atoms.